The van der Waals surface area contributed by atoms with E-state index in [1.807, 2.05) is 17.8 Å². The highest BCUT2D eigenvalue weighted by atomic mass is 127. The molecule has 1 aromatic heterocycles. The Bertz CT molecular complexity index is 400. The van der Waals surface area contributed by atoms with E-state index >= 15 is 0 Å². The average molecular weight is 408 g/mol. The maximum absolute atomic E-state index is 4.23. The standard InChI is InChI=1S/C14H28N6.HI/c1-5-20(6-2)11-7-9-16-14(15-3)17-12-13-8-10-18-19(13)4;/h8,10H,5-7,9,11-12H2,1-4H3,(H2,15,16,17);1H. The van der Waals surface area contributed by atoms with E-state index in [2.05, 4.69) is 39.5 Å². The Balaban J connectivity index is 0.00000400. The number of aromatic nitrogens is 2. The first-order valence-electron chi connectivity index (χ1n) is 7.35. The number of aliphatic imine (C=N–C) groups is 1. The van der Waals surface area contributed by atoms with Gasteiger partial charge in [0.1, 0.15) is 0 Å². The van der Waals surface area contributed by atoms with Gasteiger partial charge in [0.05, 0.1) is 12.2 Å². The molecule has 0 saturated carbocycles. The van der Waals surface area contributed by atoms with E-state index in [1.54, 1.807) is 13.2 Å². The molecule has 1 heterocycles. The highest BCUT2D eigenvalue weighted by molar-refractivity contribution is 14.0. The molecule has 0 saturated heterocycles. The first kappa shape index (κ1) is 20.2. The number of halogens is 1. The van der Waals surface area contributed by atoms with Crippen molar-refractivity contribution in [2.24, 2.45) is 12.0 Å². The smallest absolute Gasteiger partial charge is 0.191 e. The number of rotatable bonds is 8. The Morgan fingerprint density at radius 3 is 2.57 bits per heavy atom. The zero-order valence-electron chi connectivity index (χ0n) is 13.6. The largest absolute Gasteiger partial charge is 0.356 e. The summed E-state index contributed by atoms with van der Waals surface area (Å²) < 4.78 is 1.86. The van der Waals surface area contributed by atoms with Gasteiger partial charge in [0.15, 0.2) is 5.96 Å². The van der Waals surface area contributed by atoms with E-state index in [1.165, 1.54) is 0 Å². The third-order valence-corrected chi connectivity index (χ3v) is 3.42. The summed E-state index contributed by atoms with van der Waals surface area (Å²) in [5.74, 6) is 0.839. The third-order valence-electron chi connectivity index (χ3n) is 3.42. The minimum absolute atomic E-state index is 0. The number of hydrogen-bond acceptors (Lipinski definition) is 3. The van der Waals surface area contributed by atoms with Crippen LogP contribution in [0.2, 0.25) is 0 Å². The van der Waals surface area contributed by atoms with Crippen molar-refractivity contribution in [2.45, 2.75) is 26.8 Å². The van der Waals surface area contributed by atoms with Gasteiger partial charge in [-0.05, 0) is 32.1 Å². The second-order valence-electron chi connectivity index (χ2n) is 4.68. The van der Waals surface area contributed by atoms with Crippen LogP contribution in [0.3, 0.4) is 0 Å². The molecule has 0 spiro atoms. The first-order chi connectivity index (χ1) is 9.71. The second-order valence-corrected chi connectivity index (χ2v) is 4.68. The van der Waals surface area contributed by atoms with Crippen molar-refractivity contribution in [1.29, 1.82) is 0 Å². The zero-order chi connectivity index (χ0) is 14.8. The van der Waals surface area contributed by atoms with Crippen molar-refractivity contribution < 1.29 is 0 Å². The number of guanidine groups is 1. The van der Waals surface area contributed by atoms with Gasteiger partial charge in [-0.3, -0.25) is 9.67 Å². The Hall–Kier alpha value is -0.830. The molecule has 0 atom stereocenters. The molecule has 0 amide bonds. The summed E-state index contributed by atoms with van der Waals surface area (Å²) >= 11 is 0. The molecule has 6 nitrogen and oxygen atoms in total. The van der Waals surface area contributed by atoms with Gasteiger partial charge in [-0.15, -0.1) is 24.0 Å². The van der Waals surface area contributed by atoms with Crippen molar-refractivity contribution >= 4 is 29.9 Å². The molecule has 0 unspecified atom stereocenters. The van der Waals surface area contributed by atoms with Gasteiger partial charge in [0.2, 0.25) is 0 Å². The molecular weight excluding hydrogens is 379 g/mol. The monoisotopic (exact) mass is 408 g/mol. The predicted octanol–water partition coefficient (Wildman–Crippen LogP) is 1.43. The molecule has 7 heteroatoms. The summed E-state index contributed by atoms with van der Waals surface area (Å²) in [5.41, 5.74) is 1.14. The summed E-state index contributed by atoms with van der Waals surface area (Å²) in [6, 6.07) is 2.00. The summed E-state index contributed by atoms with van der Waals surface area (Å²) in [5, 5.41) is 10.8. The van der Waals surface area contributed by atoms with E-state index in [4.69, 9.17) is 0 Å². The first-order valence-corrected chi connectivity index (χ1v) is 7.35. The lowest BCUT2D eigenvalue weighted by Gasteiger charge is -2.18. The van der Waals surface area contributed by atoms with Crippen LogP contribution in [0, 0.1) is 0 Å². The highest BCUT2D eigenvalue weighted by Gasteiger charge is 2.02. The second kappa shape index (κ2) is 11.8. The Kier molecular flexibility index (Phi) is 11.3. The van der Waals surface area contributed by atoms with Gasteiger partial charge in [-0.2, -0.15) is 5.10 Å². The quantitative estimate of drug-likeness (QED) is 0.296. The van der Waals surface area contributed by atoms with E-state index in [0.29, 0.717) is 0 Å². The maximum atomic E-state index is 4.23. The maximum Gasteiger partial charge on any atom is 0.191 e. The van der Waals surface area contributed by atoms with Crippen molar-refractivity contribution in [2.75, 3.05) is 33.2 Å². The fraction of sp³-hybridized carbons (Fsp3) is 0.714. The number of nitrogens with one attached hydrogen (secondary N) is 2. The normalized spacial score (nSPS) is 11.4. The average Bonchev–Trinajstić information content (AvgIpc) is 2.87. The van der Waals surface area contributed by atoms with Crippen molar-refractivity contribution in [3.05, 3.63) is 18.0 Å². The van der Waals surface area contributed by atoms with Crippen LogP contribution in [0.15, 0.2) is 17.3 Å². The summed E-state index contributed by atoms with van der Waals surface area (Å²) in [6.45, 7) is 9.41. The van der Waals surface area contributed by atoms with Gasteiger partial charge in [-0.1, -0.05) is 13.8 Å². The summed E-state index contributed by atoms with van der Waals surface area (Å²) in [7, 11) is 3.74. The molecular formula is C14H29IN6. The van der Waals surface area contributed by atoms with Crippen molar-refractivity contribution in [3.8, 4) is 0 Å². The van der Waals surface area contributed by atoms with Gasteiger partial charge in [0, 0.05) is 26.8 Å². The molecule has 0 bridgehead atoms. The molecule has 0 aliphatic rings. The van der Waals surface area contributed by atoms with E-state index < -0.39 is 0 Å². The Labute approximate surface area is 145 Å². The fourth-order valence-electron chi connectivity index (χ4n) is 2.02. The van der Waals surface area contributed by atoms with Crippen LogP contribution in [0.5, 0.6) is 0 Å². The molecule has 1 rings (SSSR count). The molecule has 0 aromatic carbocycles. The minimum atomic E-state index is 0. The van der Waals surface area contributed by atoms with Crippen LogP contribution in [0.4, 0.5) is 0 Å². The molecule has 0 radical (unpaired) electrons. The SMILES string of the molecule is CCN(CC)CCCNC(=NC)NCc1ccnn1C.I. The van der Waals surface area contributed by atoms with E-state index in [0.717, 1.165) is 50.8 Å². The van der Waals surface area contributed by atoms with Crippen molar-refractivity contribution in [1.82, 2.24) is 25.3 Å². The predicted molar refractivity (Wildman–Crippen MR) is 99.2 cm³/mol. The van der Waals surface area contributed by atoms with E-state index in [9.17, 15) is 0 Å². The van der Waals surface area contributed by atoms with Gasteiger partial charge in [-0.25, -0.2) is 0 Å². The molecule has 122 valence electrons. The van der Waals surface area contributed by atoms with Crippen LogP contribution in [-0.2, 0) is 13.6 Å². The molecule has 0 fully saturated rings. The minimum Gasteiger partial charge on any atom is -0.356 e. The molecule has 1 aromatic rings. The van der Waals surface area contributed by atoms with Crippen molar-refractivity contribution in [3.63, 3.8) is 0 Å². The van der Waals surface area contributed by atoms with Crippen LogP contribution in [0.25, 0.3) is 0 Å². The molecule has 2 N–H and O–H groups in total. The number of aryl methyl sites for hydroxylation is 1. The van der Waals surface area contributed by atoms with Crippen LogP contribution in [0.1, 0.15) is 26.0 Å². The molecule has 21 heavy (non-hydrogen) atoms. The summed E-state index contributed by atoms with van der Waals surface area (Å²) in [6.07, 6.45) is 2.92. The van der Waals surface area contributed by atoms with E-state index in [-0.39, 0.29) is 24.0 Å². The van der Waals surface area contributed by atoms with Crippen LogP contribution < -0.4 is 10.6 Å². The zero-order valence-corrected chi connectivity index (χ0v) is 15.9. The lowest BCUT2D eigenvalue weighted by atomic mass is 10.3. The molecule has 0 aliphatic carbocycles. The molecule has 0 aliphatic heterocycles. The van der Waals surface area contributed by atoms with Gasteiger partial charge < -0.3 is 15.5 Å². The van der Waals surface area contributed by atoms with Crippen LogP contribution >= 0.6 is 24.0 Å². The fourth-order valence-corrected chi connectivity index (χ4v) is 2.02. The number of nitrogens with zero attached hydrogens (tertiary/aromatic N) is 4. The van der Waals surface area contributed by atoms with Crippen LogP contribution in [-0.4, -0.2) is 53.9 Å². The lowest BCUT2D eigenvalue weighted by Crippen LogP contribution is -2.38. The number of hydrogen-bond donors (Lipinski definition) is 2. The Morgan fingerprint density at radius 2 is 2.05 bits per heavy atom. The lowest BCUT2D eigenvalue weighted by molar-refractivity contribution is 0.300. The van der Waals surface area contributed by atoms with Gasteiger partial charge >= 0.3 is 0 Å². The topological polar surface area (TPSA) is 57.5 Å². The Morgan fingerprint density at radius 1 is 1.33 bits per heavy atom. The highest BCUT2D eigenvalue weighted by Crippen LogP contribution is 1.94. The summed E-state index contributed by atoms with van der Waals surface area (Å²) in [4.78, 5) is 6.65. The van der Waals surface area contributed by atoms with Gasteiger partial charge in [0.25, 0.3) is 0 Å². The third kappa shape index (κ3) is 7.66.